The van der Waals surface area contributed by atoms with Crippen LogP contribution in [0.4, 0.5) is 0 Å². The molecule has 2 aromatic rings. The molecule has 0 aliphatic carbocycles. The van der Waals surface area contributed by atoms with Gasteiger partial charge in [-0.05, 0) is 36.8 Å². The molecule has 0 saturated carbocycles. The maximum Gasteiger partial charge on any atom is 0.260 e. The molecule has 0 radical (unpaired) electrons. The molecular formula is C21H25NO4. The van der Waals surface area contributed by atoms with Gasteiger partial charge in [-0.2, -0.15) is 0 Å². The first kappa shape index (κ1) is 18.3. The van der Waals surface area contributed by atoms with Gasteiger partial charge in [-0.1, -0.05) is 30.3 Å². The fourth-order valence-corrected chi connectivity index (χ4v) is 2.98. The lowest BCUT2D eigenvalue weighted by Gasteiger charge is -2.33. The van der Waals surface area contributed by atoms with Gasteiger partial charge < -0.3 is 19.1 Å². The van der Waals surface area contributed by atoms with Crippen LogP contribution in [0.5, 0.6) is 11.5 Å². The molecule has 1 heterocycles. The van der Waals surface area contributed by atoms with Crippen LogP contribution < -0.4 is 9.47 Å². The highest BCUT2D eigenvalue weighted by Crippen LogP contribution is 2.18. The maximum atomic E-state index is 12.5. The predicted octanol–water partition coefficient (Wildman–Crippen LogP) is 2.93. The van der Waals surface area contributed by atoms with Gasteiger partial charge in [0.25, 0.3) is 5.91 Å². The van der Waals surface area contributed by atoms with E-state index < -0.39 is 0 Å². The third kappa shape index (κ3) is 5.23. The first-order chi connectivity index (χ1) is 12.7. The van der Waals surface area contributed by atoms with Gasteiger partial charge in [0.05, 0.1) is 19.3 Å². The number of nitrogens with zero attached hydrogens (tertiary/aromatic N) is 1. The van der Waals surface area contributed by atoms with Crippen LogP contribution in [-0.2, 0) is 16.0 Å². The van der Waals surface area contributed by atoms with Crippen molar-refractivity contribution in [2.75, 3.05) is 32.9 Å². The number of amides is 1. The largest absolute Gasteiger partial charge is 0.494 e. The van der Waals surface area contributed by atoms with Gasteiger partial charge in [0.15, 0.2) is 6.61 Å². The standard InChI is InChI=1S/C21H25NO4/c1-2-24-18-8-10-19(11-9-18)26-16-21(23)22-12-13-25-20(15-22)14-17-6-4-3-5-7-17/h3-11,20H,2,12-16H2,1H3. The molecule has 1 amide bonds. The second kappa shape index (κ2) is 9.25. The van der Waals surface area contributed by atoms with E-state index in [-0.39, 0.29) is 18.6 Å². The molecule has 26 heavy (non-hydrogen) atoms. The molecule has 0 bridgehead atoms. The van der Waals surface area contributed by atoms with E-state index in [2.05, 4.69) is 12.1 Å². The number of carbonyl (C=O) groups excluding carboxylic acids is 1. The van der Waals surface area contributed by atoms with Crippen molar-refractivity contribution in [2.24, 2.45) is 0 Å². The van der Waals surface area contributed by atoms with E-state index in [1.54, 1.807) is 0 Å². The molecule has 1 atom stereocenters. The van der Waals surface area contributed by atoms with Crippen LogP contribution in [0.25, 0.3) is 0 Å². The second-order valence-electron chi connectivity index (χ2n) is 6.22. The predicted molar refractivity (Wildman–Crippen MR) is 99.6 cm³/mol. The van der Waals surface area contributed by atoms with Crippen LogP contribution in [0.2, 0.25) is 0 Å². The molecule has 2 aromatic carbocycles. The van der Waals surface area contributed by atoms with Gasteiger partial charge in [0, 0.05) is 19.5 Å². The first-order valence-electron chi connectivity index (χ1n) is 9.03. The van der Waals surface area contributed by atoms with Crippen LogP contribution in [0.1, 0.15) is 12.5 Å². The number of hydrogen-bond donors (Lipinski definition) is 0. The quantitative estimate of drug-likeness (QED) is 0.766. The molecule has 138 valence electrons. The van der Waals surface area contributed by atoms with Crippen LogP contribution in [0.15, 0.2) is 54.6 Å². The molecule has 0 spiro atoms. The van der Waals surface area contributed by atoms with E-state index >= 15 is 0 Å². The Kier molecular flexibility index (Phi) is 6.50. The fourth-order valence-electron chi connectivity index (χ4n) is 2.98. The highest BCUT2D eigenvalue weighted by molar-refractivity contribution is 5.77. The van der Waals surface area contributed by atoms with Gasteiger partial charge in [0.1, 0.15) is 11.5 Å². The molecule has 3 rings (SSSR count). The Morgan fingerprint density at radius 1 is 1.08 bits per heavy atom. The van der Waals surface area contributed by atoms with E-state index in [0.717, 1.165) is 12.2 Å². The van der Waals surface area contributed by atoms with Gasteiger partial charge >= 0.3 is 0 Å². The summed E-state index contributed by atoms with van der Waals surface area (Å²) in [6.45, 7) is 4.37. The van der Waals surface area contributed by atoms with E-state index in [1.807, 2.05) is 54.3 Å². The monoisotopic (exact) mass is 355 g/mol. The molecule has 0 N–H and O–H groups in total. The molecule has 5 nitrogen and oxygen atoms in total. The number of benzene rings is 2. The van der Waals surface area contributed by atoms with Crippen LogP contribution in [0.3, 0.4) is 0 Å². The third-order valence-electron chi connectivity index (χ3n) is 4.29. The Bertz CT molecular complexity index is 687. The SMILES string of the molecule is CCOc1ccc(OCC(=O)N2CCOC(Cc3ccccc3)C2)cc1. The molecule has 1 fully saturated rings. The summed E-state index contributed by atoms with van der Waals surface area (Å²) >= 11 is 0. The van der Waals surface area contributed by atoms with E-state index in [4.69, 9.17) is 14.2 Å². The molecule has 1 saturated heterocycles. The Balaban J connectivity index is 1.47. The summed E-state index contributed by atoms with van der Waals surface area (Å²) < 4.78 is 16.8. The maximum absolute atomic E-state index is 12.5. The summed E-state index contributed by atoms with van der Waals surface area (Å²) in [5.41, 5.74) is 1.22. The number of morpholine rings is 1. The van der Waals surface area contributed by atoms with E-state index in [1.165, 1.54) is 5.56 Å². The smallest absolute Gasteiger partial charge is 0.260 e. The van der Waals surface area contributed by atoms with Crippen molar-refractivity contribution in [3.05, 3.63) is 60.2 Å². The van der Waals surface area contributed by atoms with Gasteiger partial charge in [-0.25, -0.2) is 0 Å². The Hall–Kier alpha value is -2.53. The molecular weight excluding hydrogens is 330 g/mol. The molecule has 1 aliphatic heterocycles. The number of ether oxygens (including phenoxy) is 3. The van der Waals surface area contributed by atoms with Crippen molar-refractivity contribution in [3.8, 4) is 11.5 Å². The zero-order chi connectivity index (χ0) is 18.2. The minimum absolute atomic E-state index is 0.0137. The summed E-state index contributed by atoms with van der Waals surface area (Å²) in [5, 5.41) is 0. The van der Waals surface area contributed by atoms with Crippen molar-refractivity contribution < 1.29 is 19.0 Å². The minimum Gasteiger partial charge on any atom is -0.494 e. The van der Waals surface area contributed by atoms with Crippen molar-refractivity contribution >= 4 is 5.91 Å². The van der Waals surface area contributed by atoms with Crippen molar-refractivity contribution in [3.63, 3.8) is 0 Å². The van der Waals surface area contributed by atoms with Crippen LogP contribution in [0, 0.1) is 0 Å². The topological polar surface area (TPSA) is 48.0 Å². The zero-order valence-corrected chi connectivity index (χ0v) is 15.1. The summed E-state index contributed by atoms with van der Waals surface area (Å²) in [4.78, 5) is 14.3. The molecule has 1 unspecified atom stereocenters. The first-order valence-corrected chi connectivity index (χ1v) is 9.03. The molecule has 0 aromatic heterocycles. The normalized spacial score (nSPS) is 17.0. The summed E-state index contributed by atoms with van der Waals surface area (Å²) in [6.07, 6.45) is 0.838. The van der Waals surface area contributed by atoms with Crippen LogP contribution in [-0.4, -0.2) is 49.8 Å². The highest BCUT2D eigenvalue weighted by Gasteiger charge is 2.24. The average Bonchev–Trinajstić information content (AvgIpc) is 2.68. The van der Waals surface area contributed by atoms with Crippen LogP contribution >= 0.6 is 0 Å². The van der Waals surface area contributed by atoms with Crippen molar-refractivity contribution in [1.29, 1.82) is 0 Å². The zero-order valence-electron chi connectivity index (χ0n) is 15.1. The summed E-state index contributed by atoms with van der Waals surface area (Å²) in [7, 11) is 0. The van der Waals surface area contributed by atoms with Crippen molar-refractivity contribution in [2.45, 2.75) is 19.4 Å². The summed E-state index contributed by atoms with van der Waals surface area (Å²) in [5.74, 6) is 1.44. The van der Waals surface area contributed by atoms with Gasteiger partial charge in [0.2, 0.25) is 0 Å². The van der Waals surface area contributed by atoms with E-state index in [0.29, 0.717) is 32.1 Å². The summed E-state index contributed by atoms with van der Waals surface area (Å²) in [6, 6.07) is 17.5. The number of hydrogen-bond acceptors (Lipinski definition) is 4. The molecule has 1 aliphatic rings. The minimum atomic E-state index is -0.0137. The lowest BCUT2D eigenvalue weighted by atomic mass is 10.1. The lowest BCUT2D eigenvalue weighted by Crippen LogP contribution is -2.47. The Morgan fingerprint density at radius 2 is 1.77 bits per heavy atom. The number of carbonyl (C=O) groups is 1. The average molecular weight is 355 g/mol. The fraction of sp³-hybridized carbons (Fsp3) is 0.381. The van der Waals surface area contributed by atoms with Gasteiger partial charge in [-0.3, -0.25) is 4.79 Å². The lowest BCUT2D eigenvalue weighted by molar-refractivity contribution is -0.140. The molecule has 5 heteroatoms. The number of rotatable bonds is 7. The third-order valence-corrected chi connectivity index (χ3v) is 4.29. The van der Waals surface area contributed by atoms with Crippen molar-refractivity contribution in [1.82, 2.24) is 4.90 Å². The Labute approximate surface area is 154 Å². The van der Waals surface area contributed by atoms with E-state index in [9.17, 15) is 4.79 Å². The van der Waals surface area contributed by atoms with Gasteiger partial charge in [-0.15, -0.1) is 0 Å². The second-order valence-corrected chi connectivity index (χ2v) is 6.22. The highest BCUT2D eigenvalue weighted by atomic mass is 16.5. The Morgan fingerprint density at radius 3 is 2.46 bits per heavy atom.